The van der Waals surface area contributed by atoms with Gasteiger partial charge >= 0.3 is 0 Å². The molecule has 0 aliphatic carbocycles. The molecule has 0 saturated heterocycles. The van der Waals surface area contributed by atoms with Crippen LogP contribution >= 0.6 is 11.8 Å². The molecule has 1 aromatic rings. The van der Waals surface area contributed by atoms with Gasteiger partial charge in [0.2, 0.25) is 0 Å². The number of unbranched alkanes of at least 4 members (excludes halogenated alkanes) is 1. The zero-order valence-electron chi connectivity index (χ0n) is 10.9. The zero-order valence-corrected chi connectivity index (χ0v) is 11.7. The Morgan fingerprint density at radius 1 is 1.35 bits per heavy atom. The monoisotopic (exact) mass is 255 g/mol. The SMILES string of the molecule is CCCCSc1ccc(C(C)NCC)cc1F. The van der Waals surface area contributed by atoms with Crippen LogP contribution in [0.15, 0.2) is 23.1 Å². The molecule has 0 spiro atoms. The fourth-order valence-corrected chi connectivity index (χ4v) is 2.67. The van der Waals surface area contributed by atoms with E-state index >= 15 is 0 Å². The number of hydrogen-bond acceptors (Lipinski definition) is 2. The molecule has 0 amide bonds. The number of benzene rings is 1. The van der Waals surface area contributed by atoms with Crippen molar-refractivity contribution in [3.8, 4) is 0 Å². The maximum atomic E-state index is 13.8. The van der Waals surface area contributed by atoms with Crippen LogP contribution < -0.4 is 5.32 Å². The molecule has 0 aliphatic rings. The van der Waals surface area contributed by atoms with Gasteiger partial charge < -0.3 is 5.32 Å². The fourth-order valence-electron chi connectivity index (χ4n) is 1.65. The van der Waals surface area contributed by atoms with E-state index in [0.29, 0.717) is 0 Å². The van der Waals surface area contributed by atoms with Crippen molar-refractivity contribution in [2.75, 3.05) is 12.3 Å². The lowest BCUT2D eigenvalue weighted by atomic mass is 10.1. The first kappa shape index (κ1) is 14.5. The van der Waals surface area contributed by atoms with Gasteiger partial charge in [0, 0.05) is 10.9 Å². The number of thioether (sulfide) groups is 1. The van der Waals surface area contributed by atoms with E-state index in [1.165, 1.54) is 0 Å². The quantitative estimate of drug-likeness (QED) is 0.573. The molecule has 3 heteroatoms. The van der Waals surface area contributed by atoms with Crippen LogP contribution in [0.1, 0.15) is 45.2 Å². The minimum absolute atomic E-state index is 0.0895. The molecule has 1 rings (SSSR count). The van der Waals surface area contributed by atoms with Crippen molar-refractivity contribution in [2.45, 2.75) is 44.6 Å². The molecule has 1 aromatic carbocycles. The van der Waals surface area contributed by atoms with Gasteiger partial charge in [-0.15, -0.1) is 11.8 Å². The van der Waals surface area contributed by atoms with Gasteiger partial charge in [0.05, 0.1) is 0 Å². The Morgan fingerprint density at radius 2 is 2.12 bits per heavy atom. The molecule has 17 heavy (non-hydrogen) atoms. The predicted octanol–water partition coefficient (Wildman–Crippen LogP) is 4.39. The number of hydrogen-bond donors (Lipinski definition) is 1. The van der Waals surface area contributed by atoms with Crippen molar-refractivity contribution in [3.05, 3.63) is 29.6 Å². The molecular formula is C14H22FNS. The van der Waals surface area contributed by atoms with Crippen LogP contribution in [0.2, 0.25) is 0 Å². The highest BCUT2D eigenvalue weighted by atomic mass is 32.2. The maximum Gasteiger partial charge on any atom is 0.137 e. The standard InChI is InChI=1S/C14H22FNS/c1-4-6-9-17-14-8-7-12(10-13(14)15)11(3)16-5-2/h7-8,10-11,16H,4-6,9H2,1-3H3. The average molecular weight is 255 g/mol. The lowest BCUT2D eigenvalue weighted by molar-refractivity contribution is 0.572. The summed E-state index contributed by atoms with van der Waals surface area (Å²) in [6.45, 7) is 7.16. The van der Waals surface area contributed by atoms with Crippen LogP contribution in [-0.2, 0) is 0 Å². The van der Waals surface area contributed by atoms with Crippen molar-refractivity contribution < 1.29 is 4.39 Å². The van der Waals surface area contributed by atoms with Crippen LogP contribution in [0.25, 0.3) is 0 Å². The summed E-state index contributed by atoms with van der Waals surface area (Å²) in [5.74, 6) is 0.906. The summed E-state index contributed by atoms with van der Waals surface area (Å²) < 4.78 is 13.8. The highest BCUT2D eigenvalue weighted by Gasteiger charge is 2.08. The van der Waals surface area contributed by atoms with E-state index in [2.05, 4.69) is 26.1 Å². The lowest BCUT2D eigenvalue weighted by Crippen LogP contribution is -2.17. The van der Waals surface area contributed by atoms with Crippen LogP contribution in [0.4, 0.5) is 4.39 Å². The van der Waals surface area contributed by atoms with Crippen molar-refractivity contribution in [2.24, 2.45) is 0 Å². The third kappa shape index (κ3) is 4.68. The van der Waals surface area contributed by atoms with Crippen LogP contribution in [-0.4, -0.2) is 12.3 Å². The normalized spacial score (nSPS) is 12.7. The lowest BCUT2D eigenvalue weighted by Gasteiger charge is -2.13. The van der Waals surface area contributed by atoms with Crippen LogP contribution in [0.3, 0.4) is 0 Å². The molecule has 1 unspecified atom stereocenters. The van der Waals surface area contributed by atoms with Gasteiger partial charge in [0.25, 0.3) is 0 Å². The second kappa shape index (κ2) is 7.72. The Bertz CT molecular complexity index is 341. The maximum absolute atomic E-state index is 13.8. The van der Waals surface area contributed by atoms with E-state index in [-0.39, 0.29) is 11.9 Å². The van der Waals surface area contributed by atoms with Crippen molar-refractivity contribution in [3.63, 3.8) is 0 Å². The van der Waals surface area contributed by atoms with Gasteiger partial charge in [0.1, 0.15) is 5.82 Å². The zero-order chi connectivity index (χ0) is 12.7. The van der Waals surface area contributed by atoms with Crippen LogP contribution in [0.5, 0.6) is 0 Å². The van der Waals surface area contributed by atoms with Gasteiger partial charge in [-0.3, -0.25) is 0 Å². The van der Waals surface area contributed by atoms with Crippen molar-refractivity contribution >= 4 is 11.8 Å². The third-order valence-electron chi connectivity index (χ3n) is 2.72. The van der Waals surface area contributed by atoms with E-state index in [1.807, 2.05) is 12.1 Å². The Morgan fingerprint density at radius 3 is 2.71 bits per heavy atom. The van der Waals surface area contributed by atoms with E-state index in [4.69, 9.17) is 0 Å². The predicted molar refractivity (Wildman–Crippen MR) is 74.1 cm³/mol. The molecule has 0 radical (unpaired) electrons. The van der Waals surface area contributed by atoms with Gasteiger partial charge in [-0.05, 0) is 43.3 Å². The van der Waals surface area contributed by atoms with E-state index in [9.17, 15) is 4.39 Å². The molecule has 1 atom stereocenters. The molecule has 0 aliphatic heterocycles. The first-order valence-corrected chi connectivity index (χ1v) is 7.33. The second-order valence-electron chi connectivity index (χ2n) is 4.17. The smallest absolute Gasteiger partial charge is 0.137 e. The van der Waals surface area contributed by atoms with Gasteiger partial charge in [-0.2, -0.15) is 0 Å². The minimum Gasteiger partial charge on any atom is -0.310 e. The second-order valence-corrected chi connectivity index (χ2v) is 5.31. The van der Waals surface area contributed by atoms with E-state index in [1.54, 1.807) is 17.8 Å². The summed E-state index contributed by atoms with van der Waals surface area (Å²) in [7, 11) is 0. The van der Waals surface area contributed by atoms with E-state index < -0.39 is 0 Å². The first-order valence-electron chi connectivity index (χ1n) is 6.34. The largest absolute Gasteiger partial charge is 0.310 e. The number of rotatable bonds is 7. The highest BCUT2D eigenvalue weighted by molar-refractivity contribution is 7.99. The van der Waals surface area contributed by atoms with Crippen LogP contribution in [0, 0.1) is 5.82 Å². The Kier molecular flexibility index (Phi) is 6.60. The number of nitrogens with one attached hydrogen (secondary N) is 1. The molecule has 96 valence electrons. The minimum atomic E-state index is -0.0895. The van der Waals surface area contributed by atoms with Gasteiger partial charge in [0.15, 0.2) is 0 Å². The Balaban J connectivity index is 2.65. The average Bonchev–Trinajstić information content (AvgIpc) is 2.31. The molecule has 0 heterocycles. The number of halogens is 1. The molecule has 1 nitrogen and oxygen atoms in total. The summed E-state index contributed by atoms with van der Waals surface area (Å²) in [6, 6.07) is 5.79. The summed E-state index contributed by atoms with van der Waals surface area (Å²) in [5.41, 5.74) is 1.02. The van der Waals surface area contributed by atoms with Crippen molar-refractivity contribution in [1.29, 1.82) is 0 Å². The molecule has 0 aromatic heterocycles. The first-order chi connectivity index (χ1) is 8.19. The molecular weight excluding hydrogens is 233 g/mol. The molecule has 0 fully saturated rings. The molecule has 1 N–H and O–H groups in total. The third-order valence-corrected chi connectivity index (χ3v) is 3.86. The molecule has 0 bridgehead atoms. The molecule has 0 saturated carbocycles. The van der Waals surface area contributed by atoms with E-state index in [0.717, 1.165) is 35.6 Å². The summed E-state index contributed by atoms with van der Waals surface area (Å²) >= 11 is 1.61. The summed E-state index contributed by atoms with van der Waals surface area (Å²) in [5, 5.41) is 3.29. The highest BCUT2D eigenvalue weighted by Crippen LogP contribution is 2.25. The Labute approximate surface area is 108 Å². The Hall–Kier alpha value is -0.540. The summed E-state index contributed by atoms with van der Waals surface area (Å²) in [4.78, 5) is 0.769. The van der Waals surface area contributed by atoms with Gasteiger partial charge in [-0.1, -0.05) is 26.3 Å². The summed E-state index contributed by atoms with van der Waals surface area (Å²) in [6.07, 6.45) is 2.30. The van der Waals surface area contributed by atoms with Crippen molar-refractivity contribution in [1.82, 2.24) is 5.32 Å². The fraction of sp³-hybridized carbons (Fsp3) is 0.571. The van der Waals surface area contributed by atoms with Gasteiger partial charge in [-0.25, -0.2) is 4.39 Å². The topological polar surface area (TPSA) is 12.0 Å².